The van der Waals surface area contributed by atoms with E-state index in [1.54, 1.807) is 19.2 Å². The number of thiophene rings is 1. The molecule has 1 aromatic heterocycles. The van der Waals surface area contributed by atoms with Crippen molar-refractivity contribution in [2.45, 2.75) is 31.9 Å². The summed E-state index contributed by atoms with van der Waals surface area (Å²) in [5, 5.41) is 4.29. The van der Waals surface area contributed by atoms with E-state index in [0.29, 0.717) is 28.5 Å². The summed E-state index contributed by atoms with van der Waals surface area (Å²) in [7, 11) is 5.81. The van der Waals surface area contributed by atoms with E-state index in [4.69, 9.17) is 21.2 Å². The maximum absolute atomic E-state index is 12.3. The topological polar surface area (TPSA) is 51.1 Å². The Morgan fingerprint density at radius 2 is 1.91 bits per heavy atom. The van der Waals surface area contributed by atoms with E-state index in [2.05, 4.69) is 60.5 Å². The molecule has 0 N–H and O–H groups in total. The minimum absolute atomic E-state index is 0.0795. The molecule has 4 rings (SSSR count). The average molecular weight is 483 g/mol. The number of ether oxygens (including phenoxy) is 1. The van der Waals surface area contributed by atoms with Crippen molar-refractivity contribution < 1.29 is 14.4 Å². The third-order valence-corrected chi connectivity index (χ3v) is 6.88. The highest BCUT2D eigenvalue weighted by Gasteiger charge is 2.23. The van der Waals surface area contributed by atoms with E-state index in [-0.39, 0.29) is 11.9 Å². The van der Waals surface area contributed by atoms with Crippen molar-refractivity contribution in [2.24, 2.45) is 5.16 Å². The van der Waals surface area contributed by atoms with Crippen LogP contribution in [0, 0.1) is 0 Å². The Balaban J connectivity index is 1.40. The van der Waals surface area contributed by atoms with Gasteiger partial charge in [0.2, 0.25) is 0 Å². The number of oxime groups is 1. The minimum atomic E-state index is -0.0795. The molecule has 1 atom stereocenters. The normalized spacial score (nSPS) is 15.4. The number of halogens is 1. The van der Waals surface area contributed by atoms with Crippen LogP contribution in [0.5, 0.6) is 5.75 Å². The first kappa shape index (κ1) is 23.5. The highest BCUT2D eigenvalue weighted by molar-refractivity contribution is 7.18. The molecule has 0 spiro atoms. The Kier molecular flexibility index (Phi) is 7.48. The molecule has 2 heterocycles. The predicted octanol–water partition coefficient (Wildman–Crippen LogP) is 6.29. The van der Waals surface area contributed by atoms with E-state index < -0.39 is 0 Å². The van der Waals surface area contributed by atoms with Crippen LogP contribution in [0.4, 0.5) is 0 Å². The second-order valence-corrected chi connectivity index (χ2v) is 10.1. The lowest BCUT2D eigenvalue weighted by atomic mass is 9.96. The summed E-state index contributed by atoms with van der Waals surface area (Å²) in [5.74, 6) is 0.937. The van der Waals surface area contributed by atoms with Crippen molar-refractivity contribution in [2.75, 3.05) is 21.2 Å². The molecule has 0 saturated carbocycles. The molecule has 33 heavy (non-hydrogen) atoms. The molecular weight excluding hydrogens is 456 g/mol. The van der Waals surface area contributed by atoms with E-state index in [9.17, 15) is 4.79 Å². The standard InChI is InChI=1S/C26H27ClN2O3S/c1-29(2)16-19-8-9-20(31-3)14-22(19)17-4-6-18(7-5-17)23-15-21(32-28-23)10-11-24(30)25-12-13-26(27)33-25/h4-9,12-14,21H,10-11,15-16H2,1-3H3. The molecule has 3 aromatic rings. The van der Waals surface area contributed by atoms with E-state index in [1.807, 2.05) is 6.07 Å². The molecule has 0 bridgehead atoms. The van der Waals surface area contributed by atoms with Crippen molar-refractivity contribution in [3.05, 3.63) is 74.9 Å². The second kappa shape index (κ2) is 10.5. The van der Waals surface area contributed by atoms with Crippen LogP contribution in [-0.4, -0.2) is 43.7 Å². The number of rotatable bonds is 9. The molecule has 0 saturated heterocycles. The molecule has 0 radical (unpaired) electrons. The first-order chi connectivity index (χ1) is 15.9. The number of carbonyl (C=O) groups excluding carboxylic acids is 1. The molecule has 0 aliphatic carbocycles. The fourth-order valence-corrected chi connectivity index (χ4v) is 4.92. The monoisotopic (exact) mass is 482 g/mol. The lowest BCUT2D eigenvalue weighted by Gasteiger charge is -2.16. The lowest BCUT2D eigenvalue weighted by Crippen LogP contribution is -2.11. The number of benzene rings is 2. The molecule has 7 heteroatoms. The molecule has 0 fully saturated rings. The van der Waals surface area contributed by atoms with Crippen LogP contribution in [0.15, 0.2) is 59.8 Å². The number of hydrogen-bond donors (Lipinski definition) is 0. The van der Waals surface area contributed by atoms with Gasteiger partial charge in [-0.25, -0.2) is 0 Å². The van der Waals surface area contributed by atoms with Crippen LogP contribution in [0.1, 0.15) is 40.1 Å². The van der Waals surface area contributed by atoms with Gasteiger partial charge in [0, 0.05) is 19.4 Å². The summed E-state index contributed by atoms with van der Waals surface area (Å²) in [6.07, 6.45) is 1.68. The van der Waals surface area contributed by atoms with Gasteiger partial charge in [0.15, 0.2) is 5.78 Å². The smallest absolute Gasteiger partial charge is 0.172 e. The van der Waals surface area contributed by atoms with Gasteiger partial charge in [0.1, 0.15) is 11.9 Å². The molecule has 172 valence electrons. The summed E-state index contributed by atoms with van der Waals surface area (Å²) in [4.78, 5) is 20.8. The van der Waals surface area contributed by atoms with Gasteiger partial charge in [0.25, 0.3) is 0 Å². The SMILES string of the molecule is COc1ccc(CN(C)C)c(-c2ccc(C3=NOC(CCC(=O)c4ccc(Cl)s4)C3)cc2)c1. The molecule has 0 amide bonds. The second-order valence-electron chi connectivity index (χ2n) is 8.37. The maximum Gasteiger partial charge on any atom is 0.172 e. The molecule has 1 unspecified atom stereocenters. The number of hydrogen-bond acceptors (Lipinski definition) is 6. The van der Waals surface area contributed by atoms with Gasteiger partial charge in [-0.15, -0.1) is 11.3 Å². The molecular formula is C26H27ClN2O3S. The van der Waals surface area contributed by atoms with Crippen molar-refractivity contribution >= 4 is 34.4 Å². The van der Waals surface area contributed by atoms with Crippen molar-refractivity contribution in [1.29, 1.82) is 0 Å². The first-order valence-corrected chi connectivity index (χ1v) is 12.1. The summed E-state index contributed by atoms with van der Waals surface area (Å²) in [5.41, 5.74) is 5.48. The fourth-order valence-electron chi connectivity index (χ4n) is 3.91. The number of carbonyl (C=O) groups is 1. The first-order valence-electron chi connectivity index (χ1n) is 10.9. The van der Waals surface area contributed by atoms with Crippen molar-refractivity contribution in [3.8, 4) is 16.9 Å². The van der Waals surface area contributed by atoms with E-state index >= 15 is 0 Å². The lowest BCUT2D eigenvalue weighted by molar-refractivity contribution is 0.0720. The summed E-state index contributed by atoms with van der Waals surface area (Å²) in [6, 6.07) is 18.1. The van der Waals surface area contributed by atoms with Gasteiger partial charge in [-0.2, -0.15) is 0 Å². The van der Waals surface area contributed by atoms with Crippen LogP contribution in [-0.2, 0) is 11.4 Å². The van der Waals surface area contributed by atoms with E-state index in [0.717, 1.165) is 34.7 Å². The quantitative estimate of drug-likeness (QED) is 0.336. The minimum Gasteiger partial charge on any atom is -0.497 e. The van der Waals surface area contributed by atoms with Crippen LogP contribution >= 0.6 is 22.9 Å². The van der Waals surface area contributed by atoms with Gasteiger partial charge in [-0.05, 0) is 67.0 Å². The molecule has 2 aromatic carbocycles. The van der Waals surface area contributed by atoms with Crippen LogP contribution in [0.3, 0.4) is 0 Å². The predicted molar refractivity (Wildman–Crippen MR) is 135 cm³/mol. The Morgan fingerprint density at radius 3 is 2.58 bits per heavy atom. The zero-order chi connectivity index (χ0) is 23.4. The van der Waals surface area contributed by atoms with Crippen LogP contribution < -0.4 is 4.74 Å². The zero-order valence-electron chi connectivity index (χ0n) is 19.0. The summed E-state index contributed by atoms with van der Waals surface area (Å²) < 4.78 is 6.07. The summed E-state index contributed by atoms with van der Waals surface area (Å²) in [6.45, 7) is 0.847. The summed E-state index contributed by atoms with van der Waals surface area (Å²) >= 11 is 7.25. The molecule has 1 aliphatic rings. The van der Waals surface area contributed by atoms with E-state index in [1.165, 1.54) is 16.9 Å². The van der Waals surface area contributed by atoms with Gasteiger partial charge in [-0.3, -0.25) is 4.79 Å². The third kappa shape index (κ3) is 5.82. The Hall–Kier alpha value is -2.67. The van der Waals surface area contributed by atoms with Crippen molar-refractivity contribution in [1.82, 2.24) is 4.90 Å². The average Bonchev–Trinajstić information content (AvgIpc) is 3.47. The highest BCUT2D eigenvalue weighted by Crippen LogP contribution is 2.30. The van der Waals surface area contributed by atoms with Crippen LogP contribution in [0.2, 0.25) is 4.34 Å². The zero-order valence-corrected chi connectivity index (χ0v) is 20.6. The highest BCUT2D eigenvalue weighted by atomic mass is 35.5. The molecule has 1 aliphatic heterocycles. The van der Waals surface area contributed by atoms with Gasteiger partial charge < -0.3 is 14.5 Å². The van der Waals surface area contributed by atoms with Gasteiger partial charge in [0.05, 0.1) is 22.0 Å². The van der Waals surface area contributed by atoms with Gasteiger partial charge >= 0.3 is 0 Å². The number of methoxy groups -OCH3 is 1. The van der Waals surface area contributed by atoms with Crippen molar-refractivity contribution in [3.63, 3.8) is 0 Å². The number of Topliss-reactive ketones (excluding diaryl/α,β-unsaturated/α-hetero) is 1. The maximum atomic E-state index is 12.3. The Bertz CT molecular complexity index is 1150. The third-order valence-electron chi connectivity index (χ3n) is 5.61. The largest absolute Gasteiger partial charge is 0.497 e. The van der Waals surface area contributed by atoms with Gasteiger partial charge in [-0.1, -0.05) is 47.1 Å². The molecule has 5 nitrogen and oxygen atoms in total. The van der Waals surface area contributed by atoms with Crippen LogP contribution in [0.25, 0.3) is 11.1 Å². The number of ketones is 1. The fraction of sp³-hybridized carbons (Fsp3) is 0.308. The number of nitrogens with zero attached hydrogens (tertiary/aromatic N) is 2. The Morgan fingerprint density at radius 1 is 1.15 bits per heavy atom. The Labute approximate surface area is 203 Å².